The number of likely N-dealkylation sites (N-methyl/N-ethyl adjacent to an activating group) is 1. The second-order valence-electron chi connectivity index (χ2n) is 6.94. The molecule has 29 heavy (non-hydrogen) atoms. The number of rotatable bonds is 6. The smallest absolute Gasteiger partial charge is 0.254 e. The standard InChI is InChI=1S/C23H22N2O3S/c1-24(21-12-13-25(23(21)27)18-8-3-2-4-9-18)22(26)17-7-5-10-19(15-17)28-16-20-11-6-14-29-20/h2-11,14-15,21H,12-13,16H2,1H3. The Bertz CT molecular complexity index is 988. The molecule has 2 aromatic carbocycles. The zero-order chi connectivity index (χ0) is 20.2. The fraction of sp³-hybridized carbons (Fsp3) is 0.217. The molecule has 1 unspecified atom stereocenters. The maximum Gasteiger partial charge on any atom is 0.254 e. The van der Waals surface area contributed by atoms with Crippen LogP contribution in [0.1, 0.15) is 21.7 Å². The van der Waals surface area contributed by atoms with Gasteiger partial charge in [-0.25, -0.2) is 0 Å². The van der Waals surface area contributed by atoms with Crippen molar-refractivity contribution in [3.8, 4) is 5.75 Å². The lowest BCUT2D eigenvalue weighted by molar-refractivity contribution is -0.120. The van der Waals surface area contributed by atoms with Crippen molar-refractivity contribution in [1.82, 2.24) is 4.90 Å². The molecule has 0 aliphatic carbocycles. The number of benzene rings is 2. The lowest BCUT2D eigenvalue weighted by Gasteiger charge is -2.24. The molecule has 0 N–H and O–H groups in total. The Hall–Kier alpha value is -3.12. The first-order valence-electron chi connectivity index (χ1n) is 9.52. The summed E-state index contributed by atoms with van der Waals surface area (Å²) in [5, 5.41) is 2.00. The molecule has 1 fully saturated rings. The highest BCUT2D eigenvalue weighted by Crippen LogP contribution is 2.25. The van der Waals surface area contributed by atoms with Crippen LogP contribution in [0.25, 0.3) is 0 Å². The number of carbonyl (C=O) groups excluding carboxylic acids is 2. The van der Waals surface area contributed by atoms with E-state index in [1.165, 1.54) is 0 Å². The Morgan fingerprint density at radius 1 is 1.14 bits per heavy atom. The Morgan fingerprint density at radius 3 is 2.72 bits per heavy atom. The zero-order valence-corrected chi connectivity index (χ0v) is 17.0. The SMILES string of the molecule is CN(C(=O)c1cccc(OCc2cccs2)c1)C1CCN(c2ccccc2)C1=O. The molecule has 3 aromatic rings. The molecule has 0 spiro atoms. The molecule has 0 radical (unpaired) electrons. The maximum atomic E-state index is 13.0. The summed E-state index contributed by atoms with van der Waals surface area (Å²) in [5.74, 6) is 0.415. The summed E-state index contributed by atoms with van der Waals surface area (Å²) in [7, 11) is 1.69. The fourth-order valence-corrected chi connectivity index (χ4v) is 4.12. The second-order valence-corrected chi connectivity index (χ2v) is 7.97. The minimum atomic E-state index is -0.460. The van der Waals surface area contributed by atoms with E-state index in [0.29, 0.717) is 30.9 Å². The van der Waals surface area contributed by atoms with Crippen molar-refractivity contribution in [2.45, 2.75) is 19.1 Å². The average molecular weight is 407 g/mol. The van der Waals surface area contributed by atoms with Crippen LogP contribution < -0.4 is 9.64 Å². The van der Waals surface area contributed by atoms with Gasteiger partial charge in [0.05, 0.1) is 0 Å². The van der Waals surface area contributed by atoms with Gasteiger partial charge in [-0.2, -0.15) is 0 Å². The molecule has 1 saturated heterocycles. The van der Waals surface area contributed by atoms with Gasteiger partial charge in [-0.05, 0) is 48.2 Å². The minimum Gasteiger partial charge on any atom is -0.488 e. The van der Waals surface area contributed by atoms with Crippen molar-refractivity contribution >= 4 is 28.8 Å². The number of nitrogens with zero attached hydrogens (tertiary/aromatic N) is 2. The first-order chi connectivity index (χ1) is 14.1. The molecule has 1 aromatic heterocycles. The fourth-order valence-electron chi connectivity index (χ4n) is 3.50. The van der Waals surface area contributed by atoms with Gasteiger partial charge in [0.2, 0.25) is 5.91 Å². The third kappa shape index (κ3) is 4.17. The summed E-state index contributed by atoms with van der Waals surface area (Å²) in [6.07, 6.45) is 0.616. The summed E-state index contributed by atoms with van der Waals surface area (Å²) < 4.78 is 5.81. The van der Waals surface area contributed by atoms with Gasteiger partial charge in [-0.3, -0.25) is 9.59 Å². The molecule has 4 rings (SSSR count). The quantitative estimate of drug-likeness (QED) is 0.616. The van der Waals surface area contributed by atoms with Gasteiger partial charge in [0.25, 0.3) is 5.91 Å². The predicted octanol–water partition coefficient (Wildman–Crippen LogP) is 4.20. The third-order valence-corrected chi connectivity index (χ3v) is 5.93. The molecule has 0 bridgehead atoms. The van der Waals surface area contributed by atoms with Crippen LogP contribution in [-0.2, 0) is 11.4 Å². The van der Waals surface area contributed by atoms with Gasteiger partial charge in [0, 0.05) is 29.7 Å². The highest BCUT2D eigenvalue weighted by atomic mass is 32.1. The van der Waals surface area contributed by atoms with Crippen LogP contribution in [0.3, 0.4) is 0 Å². The van der Waals surface area contributed by atoms with E-state index < -0.39 is 6.04 Å². The number of amides is 2. The Morgan fingerprint density at radius 2 is 1.97 bits per heavy atom. The third-order valence-electron chi connectivity index (χ3n) is 5.08. The number of para-hydroxylation sites is 1. The number of thiophene rings is 1. The monoisotopic (exact) mass is 406 g/mol. The van der Waals surface area contributed by atoms with Crippen LogP contribution in [0, 0.1) is 0 Å². The Kier molecular flexibility index (Phi) is 5.62. The van der Waals surface area contributed by atoms with E-state index in [-0.39, 0.29) is 11.8 Å². The van der Waals surface area contributed by atoms with E-state index in [9.17, 15) is 9.59 Å². The van der Waals surface area contributed by atoms with Crippen LogP contribution in [0.2, 0.25) is 0 Å². The molecule has 0 saturated carbocycles. The van der Waals surface area contributed by atoms with Gasteiger partial charge in [0.1, 0.15) is 18.4 Å². The average Bonchev–Trinajstić information content (AvgIpc) is 3.42. The lowest BCUT2D eigenvalue weighted by atomic mass is 10.1. The van der Waals surface area contributed by atoms with E-state index in [2.05, 4.69) is 0 Å². The van der Waals surface area contributed by atoms with Crippen LogP contribution in [0.5, 0.6) is 5.75 Å². The molecule has 1 aliphatic rings. The van der Waals surface area contributed by atoms with E-state index in [1.54, 1.807) is 46.4 Å². The van der Waals surface area contributed by atoms with Crippen molar-refractivity contribution in [3.63, 3.8) is 0 Å². The van der Waals surface area contributed by atoms with Gasteiger partial charge in [-0.15, -0.1) is 11.3 Å². The van der Waals surface area contributed by atoms with Crippen LogP contribution >= 0.6 is 11.3 Å². The maximum absolute atomic E-state index is 13.0. The summed E-state index contributed by atoms with van der Waals surface area (Å²) >= 11 is 1.63. The first kappa shape index (κ1) is 19.2. The first-order valence-corrected chi connectivity index (χ1v) is 10.4. The van der Waals surface area contributed by atoms with Crippen LogP contribution in [0.15, 0.2) is 72.1 Å². The van der Waals surface area contributed by atoms with Crippen LogP contribution in [0.4, 0.5) is 5.69 Å². The number of hydrogen-bond donors (Lipinski definition) is 0. The van der Waals surface area contributed by atoms with Gasteiger partial charge in [0.15, 0.2) is 0 Å². The van der Waals surface area contributed by atoms with Crippen LogP contribution in [-0.4, -0.2) is 36.3 Å². The topological polar surface area (TPSA) is 49.9 Å². The molecule has 1 atom stereocenters. The number of hydrogen-bond acceptors (Lipinski definition) is 4. The number of anilines is 1. The van der Waals surface area contributed by atoms with Crippen molar-refractivity contribution in [2.75, 3.05) is 18.5 Å². The normalized spacial score (nSPS) is 16.1. The van der Waals surface area contributed by atoms with Gasteiger partial charge >= 0.3 is 0 Å². The second kappa shape index (κ2) is 8.49. The van der Waals surface area contributed by atoms with E-state index in [4.69, 9.17) is 4.74 Å². The Balaban J connectivity index is 1.44. The summed E-state index contributed by atoms with van der Waals surface area (Å²) in [4.78, 5) is 30.3. The molecular weight excluding hydrogens is 384 g/mol. The minimum absolute atomic E-state index is 0.0443. The summed E-state index contributed by atoms with van der Waals surface area (Å²) in [6.45, 7) is 1.08. The molecule has 2 amide bonds. The van der Waals surface area contributed by atoms with E-state index in [0.717, 1.165) is 10.6 Å². The number of carbonyl (C=O) groups is 2. The summed E-state index contributed by atoms with van der Waals surface area (Å²) in [5.41, 5.74) is 1.38. The molecule has 5 nitrogen and oxygen atoms in total. The molecule has 2 heterocycles. The molecular formula is C23H22N2O3S. The van der Waals surface area contributed by atoms with Crippen molar-refractivity contribution in [1.29, 1.82) is 0 Å². The predicted molar refractivity (Wildman–Crippen MR) is 114 cm³/mol. The van der Waals surface area contributed by atoms with Crippen molar-refractivity contribution in [3.05, 3.63) is 82.6 Å². The molecule has 1 aliphatic heterocycles. The highest BCUT2D eigenvalue weighted by Gasteiger charge is 2.37. The largest absolute Gasteiger partial charge is 0.488 e. The zero-order valence-electron chi connectivity index (χ0n) is 16.2. The van der Waals surface area contributed by atoms with Gasteiger partial charge in [-0.1, -0.05) is 30.3 Å². The number of ether oxygens (including phenoxy) is 1. The van der Waals surface area contributed by atoms with E-state index in [1.807, 2.05) is 53.9 Å². The molecule has 6 heteroatoms. The van der Waals surface area contributed by atoms with E-state index >= 15 is 0 Å². The molecule has 148 valence electrons. The van der Waals surface area contributed by atoms with Crippen molar-refractivity contribution < 1.29 is 14.3 Å². The van der Waals surface area contributed by atoms with Gasteiger partial charge < -0.3 is 14.5 Å². The lowest BCUT2D eigenvalue weighted by Crippen LogP contribution is -2.43. The highest BCUT2D eigenvalue weighted by molar-refractivity contribution is 7.09. The summed E-state index contributed by atoms with van der Waals surface area (Å²) in [6, 6.07) is 20.2. The Labute approximate surface area is 174 Å². The van der Waals surface area contributed by atoms with Crippen molar-refractivity contribution in [2.24, 2.45) is 0 Å².